The van der Waals surface area contributed by atoms with E-state index in [0.717, 1.165) is 54.2 Å². The van der Waals surface area contributed by atoms with E-state index in [2.05, 4.69) is 15.3 Å². The molecule has 0 saturated heterocycles. The molecule has 0 fully saturated rings. The number of aryl methyl sites for hydroxylation is 1. The van der Waals surface area contributed by atoms with Crippen LogP contribution in [0.3, 0.4) is 0 Å². The highest BCUT2D eigenvalue weighted by Gasteiger charge is 2.28. The Bertz CT molecular complexity index is 1380. The number of aromatic nitrogens is 2. The fourth-order valence-corrected chi connectivity index (χ4v) is 6.41. The fraction of sp³-hybridized carbons (Fsp3) is 0.360. The van der Waals surface area contributed by atoms with Crippen molar-refractivity contribution in [2.75, 3.05) is 11.9 Å². The third-order valence-corrected chi connectivity index (χ3v) is 8.21. The van der Waals surface area contributed by atoms with Crippen LogP contribution in [-0.2, 0) is 22.4 Å². The second-order valence-corrected chi connectivity index (χ2v) is 10.6. The summed E-state index contributed by atoms with van der Waals surface area (Å²) >= 11 is 2.81. The number of furan rings is 1. The monoisotopic (exact) mass is 495 g/mol. The maximum absolute atomic E-state index is 13.2. The Kier molecular flexibility index (Phi) is 6.56. The van der Waals surface area contributed by atoms with Gasteiger partial charge in [-0.05, 0) is 57.2 Å². The van der Waals surface area contributed by atoms with Crippen LogP contribution < -0.4 is 5.32 Å². The molecule has 1 aliphatic rings. The third-order valence-electron chi connectivity index (χ3n) is 5.92. The summed E-state index contributed by atoms with van der Waals surface area (Å²) < 4.78 is 11.3. The number of fused-ring (bicyclic) bond motifs is 4. The van der Waals surface area contributed by atoms with E-state index in [9.17, 15) is 9.59 Å². The molecular weight excluding hydrogens is 470 g/mol. The van der Waals surface area contributed by atoms with Gasteiger partial charge in [-0.1, -0.05) is 30.3 Å². The molecule has 4 aromatic rings. The molecule has 1 aromatic carbocycles. The van der Waals surface area contributed by atoms with Gasteiger partial charge in [0, 0.05) is 10.3 Å². The zero-order valence-electron chi connectivity index (χ0n) is 19.1. The van der Waals surface area contributed by atoms with Crippen molar-refractivity contribution in [3.63, 3.8) is 0 Å². The number of hydrogen-bond acceptors (Lipinski definition) is 8. The lowest BCUT2D eigenvalue weighted by Gasteiger charge is -2.12. The van der Waals surface area contributed by atoms with Crippen LogP contribution in [0.4, 0.5) is 5.00 Å². The molecule has 34 heavy (non-hydrogen) atoms. The normalized spacial score (nSPS) is 14.5. The quantitative estimate of drug-likeness (QED) is 0.152. The number of amides is 1. The largest absolute Gasteiger partial charge is 0.462 e. The van der Waals surface area contributed by atoms with Gasteiger partial charge in [-0.25, -0.2) is 14.8 Å². The zero-order valence-corrected chi connectivity index (χ0v) is 20.7. The number of rotatable bonds is 6. The first-order valence-corrected chi connectivity index (χ1v) is 13.2. The number of anilines is 1. The van der Waals surface area contributed by atoms with Gasteiger partial charge in [0.05, 0.1) is 17.4 Å². The SMILES string of the molecule is CCOC(=O)c1c(NC(=O)[C@H](C)Sc2ncnc3c2oc2ccccc23)sc2c1CCCCC2. The number of thiophene rings is 1. The molecule has 0 spiro atoms. The number of hydrogen-bond donors (Lipinski definition) is 1. The minimum atomic E-state index is -0.469. The molecule has 3 heterocycles. The summed E-state index contributed by atoms with van der Waals surface area (Å²) in [6.07, 6.45) is 6.54. The van der Waals surface area contributed by atoms with E-state index in [-0.39, 0.29) is 11.9 Å². The summed E-state index contributed by atoms with van der Waals surface area (Å²) in [7, 11) is 0. The Morgan fingerprint density at radius 1 is 1.21 bits per heavy atom. The van der Waals surface area contributed by atoms with E-state index in [1.807, 2.05) is 31.2 Å². The van der Waals surface area contributed by atoms with Crippen molar-refractivity contribution >= 4 is 62.0 Å². The molecule has 0 bridgehead atoms. The minimum absolute atomic E-state index is 0.199. The van der Waals surface area contributed by atoms with E-state index >= 15 is 0 Å². The minimum Gasteiger partial charge on any atom is -0.462 e. The lowest BCUT2D eigenvalue weighted by Crippen LogP contribution is -2.23. The molecule has 1 N–H and O–H groups in total. The number of ether oxygens (including phenoxy) is 1. The average molecular weight is 496 g/mol. The van der Waals surface area contributed by atoms with Crippen LogP contribution in [0.15, 0.2) is 40.0 Å². The number of nitrogens with one attached hydrogen (secondary N) is 1. The Labute approximate surface area is 205 Å². The molecule has 0 radical (unpaired) electrons. The highest BCUT2D eigenvalue weighted by molar-refractivity contribution is 8.00. The van der Waals surface area contributed by atoms with E-state index in [0.29, 0.717) is 27.8 Å². The molecule has 1 aliphatic carbocycles. The topological polar surface area (TPSA) is 94.3 Å². The highest BCUT2D eigenvalue weighted by atomic mass is 32.2. The van der Waals surface area contributed by atoms with Gasteiger partial charge in [-0.2, -0.15) is 0 Å². The van der Waals surface area contributed by atoms with Crippen LogP contribution >= 0.6 is 23.1 Å². The first kappa shape index (κ1) is 22.9. The van der Waals surface area contributed by atoms with E-state index in [1.165, 1.54) is 34.3 Å². The Hall–Kier alpha value is -2.91. The first-order chi connectivity index (χ1) is 16.6. The summed E-state index contributed by atoms with van der Waals surface area (Å²) in [6, 6.07) is 7.69. The molecule has 9 heteroatoms. The molecule has 1 atom stereocenters. The fourth-order valence-electron chi connectivity index (χ4n) is 4.27. The summed E-state index contributed by atoms with van der Waals surface area (Å²) in [5, 5.41) is 4.64. The van der Waals surface area contributed by atoms with Gasteiger partial charge in [0.15, 0.2) is 5.58 Å². The van der Waals surface area contributed by atoms with Crippen molar-refractivity contribution in [1.82, 2.24) is 9.97 Å². The van der Waals surface area contributed by atoms with E-state index in [1.54, 1.807) is 6.92 Å². The maximum atomic E-state index is 13.2. The Morgan fingerprint density at radius 3 is 2.88 bits per heavy atom. The van der Waals surface area contributed by atoms with Gasteiger partial charge in [0.2, 0.25) is 5.91 Å². The summed E-state index contributed by atoms with van der Waals surface area (Å²) in [4.78, 5) is 35.9. The molecule has 7 nitrogen and oxygen atoms in total. The lowest BCUT2D eigenvalue weighted by molar-refractivity contribution is -0.115. The number of nitrogens with zero attached hydrogens (tertiary/aromatic N) is 2. The first-order valence-electron chi connectivity index (χ1n) is 11.5. The van der Waals surface area contributed by atoms with Crippen LogP contribution in [0.1, 0.15) is 53.9 Å². The predicted octanol–water partition coefficient (Wildman–Crippen LogP) is 6.00. The number of para-hydroxylation sites is 1. The lowest BCUT2D eigenvalue weighted by atomic mass is 10.1. The number of benzene rings is 1. The van der Waals surface area contributed by atoms with Crippen LogP contribution in [0.2, 0.25) is 0 Å². The van der Waals surface area contributed by atoms with Gasteiger partial charge >= 0.3 is 5.97 Å². The number of thioether (sulfide) groups is 1. The van der Waals surface area contributed by atoms with Crippen LogP contribution in [0, 0.1) is 0 Å². The van der Waals surface area contributed by atoms with Crippen molar-refractivity contribution < 1.29 is 18.7 Å². The summed E-state index contributed by atoms with van der Waals surface area (Å²) in [6.45, 7) is 3.91. The van der Waals surface area contributed by atoms with Crippen LogP contribution in [0.25, 0.3) is 22.1 Å². The summed E-state index contributed by atoms with van der Waals surface area (Å²) in [5.41, 5.74) is 3.60. The average Bonchev–Trinajstić information content (AvgIpc) is 3.29. The smallest absolute Gasteiger partial charge is 0.341 e. The Balaban J connectivity index is 1.40. The highest BCUT2D eigenvalue weighted by Crippen LogP contribution is 2.39. The van der Waals surface area contributed by atoms with Crippen LogP contribution in [0.5, 0.6) is 0 Å². The summed E-state index contributed by atoms with van der Waals surface area (Å²) in [5.74, 6) is -0.563. The standard InChI is InChI=1S/C25H25N3O4S2/c1-3-31-25(30)19-16-10-5-4-6-12-18(16)34-23(19)28-22(29)14(2)33-24-21-20(26-13-27-24)15-9-7-8-11-17(15)32-21/h7-9,11,13-14H,3-6,10,12H2,1-2H3,(H,28,29)/t14-/m0/s1. The number of carbonyl (C=O) groups is 2. The predicted molar refractivity (Wildman–Crippen MR) is 135 cm³/mol. The van der Waals surface area contributed by atoms with E-state index in [4.69, 9.17) is 9.15 Å². The van der Waals surface area contributed by atoms with Gasteiger partial charge in [-0.3, -0.25) is 4.79 Å². The van der Waals surface area contributed by atoms with Gasteiger partial charge < -0.3 is 14.5 Å². The van der Waals surface area contributed by atoms with E-state index < -0.39 is 5.25 Å². The van der Waals surface area contributed by atoms with Gasteiger partial charge in [0.1, 0.15) is 27.5 Å². The maximum Gasteiger partial charge on any atom is 0.341 e. The van der Waals surface area contributed by atoms with Crippen LogP contribution in [-0.4, -0.2) is 33.7 Å². The third kappa shape index (κ3) is 4.30. The molecule has 0 unspecified atom stereocenters. The van der Waals surface area contributed by atoms with Crippen molar-refractivity contribution in [2.45, 2.75) is 56.2 Å². The molecule has 1 amide bonds. The second kappa shape index (κ2) is 9.76. The van der Waals surface area contributed by atoms with Crippen molar-refractivity contribution in [3.8, 4) is 0 Å². The number of carbonyl (C=O) groups excluding carboxylic acids is 2. The second-order valence-electron chi connectivity index (χ2n) is 8.19. The van der Waals surface area contributed by atoms with Gasteiger partial charge in [-0.15, -0.1) is 11.3 Å². The molecule has 5 rings (SSSR count). The Morgan fingerprint density at radius 2 is 2.03 bits per heavy atom. The molecular formula is C25H25N3O4S2. The molecule has 0 saturated carbocycles. The zero-order chi connectivity index (χ0) is 23.7. The molecule has 3 aromatic heterocycles. The van der Waals surface area contributed by atoms with Crippen molar-refractivity contribution in [2.24, 2.45) is 0 Å². The van der Waals surface area contributed by atoms with Crippen molar-refractivity contribution in [1.29, 1.82) is 0 Å². The van der Waals surface area contributed by atoms with Crippen molar-refractivity contribution in [3.05, 3.63) is 46.6 Å². The molecule has 176 valence electrons. The number of esters is 1. The van der Waals surface area contributed by atoms with Gasteiger partial charge in [0.25, 0.3) is 0 Å². The molecule has 0 aliphatic heterocycles.